The molecule has 2 aliphatic rings. The van der Waals surface area contributed by atoms with Crippen LogP contribution >= 0.6 is 0 Å². The van der Waals surface area contributed by atoms with Gasteiger partial charge in [0.2, 0.25) is 11.8 Å². The summed E-state index contributed by atoms with van der Waals surface area (Å²) >= 11 is 0. The van der Waals surface area contributed by atoms with Gasteiger partial charge in [-0.05, 0) is 74.1 Å². The van der Waals surface area contributed by atoms with Gasteiger partial charge in [-0.1, -0.05) is 19.1 Å². The van der Waals surface area contributed by atoms with E-state index in [9.17, 15) is 9.59 Å². The second-order valence-electron chi connectivity index (χ2n) is 7.56. The number of imide groups is 1. The van der Waals surface area contributed by atoms with Crippen LogP contribution in [0.1, 0.15) is 31.7 Å². The van der Waals surface area contributed by atoms with E-state index in [1.165, 1.54) is 4.90 Å². The molecule has 0 bridgehead atoms. The summed E-state index contributed by atoms with van der Waals surface area (Å²) in [6.45, 7) is 4.18. The molecule has 1 heterocycles. The van der Waals surface area contributed by atoms with Gasteiger partial charge in [0.15, 0.2) is 0 Å². The number of carbonyl (C=O) groups is 2. The standard InChI is InChI=1S/C22H23NO3/c1-14-4-3-5-18(12-14)26-17-9-7-16(8-10-17)23-21(24)19-11-6-15(2)13-20(19)22(23)25/h3-5,7-10,12,15,19-20H,6,11,13H2,1-2H3/t15-,19-,20+/m1/s1. The Morgan fingerprint density at radius 2 is 1.65 bits per heavy atom. The van der Waals surface area contributed by atoms with Crippen molar-refractivity contribution in [1.29, 1.82) is 0 Å². The molecule has 4 heteroatoms. The fourth-order valence-electron chi connectivity index (χ4n) is 4.12. The highest BCUT2D eigenvalue weighted by molar-refractivity contribution is 6.22. The van der Waals surface area contributed by atoms with Crippen molar-refractivity contribution in [3.8, 4) is 11.5 Å². The number of hydrogen-bond donors (Lipinski definition) is 0. The van der Waals surface area contributed by atoms with Crippen molar-refractivity contribution < 1.29 is 14.3 Å². The molecular weight excluding hydrogens is 326 g/mol. The Morgan fingerprint density at radius 3 is 2.38 bits per heavy atom. The molecular formula is C22H23NO3. The molecule has 2 aromatic rings. The smallest absolute Gasteiger partial charge is 0.237 e. The Bertz CT molecular complexity index is 843. The topological polar surface area (TPSA) is 46.6 Å². The summed E-state index contributed by atoms with van der Waals surface area (Å²) in [6.07, 6.45) is 2.67. The van der Waals surface area contributed by atoms with Gasteiger partial charge in [-0.25, -0.2) is 0 Å². The molecule has 2 aromatic carbocycles. The maximum absolute atomic E-state index is 12.8. The monoisotopic (exact) mass is 349 g/mol. The molecule has 4 nitrogen and oxygen atoms in total. The minimum absolute atomic E-state index is 0.0424. The minimum Gasteiger partial charge on any atom is -0.457 e. The van der Waals surface area contributed by atoms with Crippen molar-refractivity contribution in [2.45, 2.75) is 33.1 Å². The number of fused-ring (bicyclic) bond motifs is 1. The predicted molar refractivity (Wildman–Crippen MR) is 100 cm³/mol. The maximum atomic E-state index is 12.8. The van der Waals surface area contributed by atoms with Crippen molar-refractivity contribution in [2.24, 2.45) is 17.8 Å². The molecule has 4 rings (SSSR count). The first kappa shape index (κ1) is 16.8. The van der Waals surface area contributed by atoms with Crippen LogP contribution in [0.3, 0.4) is 0 Å². The first-order valence-electron chi connectivity index (χ1n) is 9.25. The number of aryl methyl sites for hydroxylation is 1. The van der Waals surface area contributed by atoms with E-state index in [-0.39, 0.29) is 23.7 Å². The molecule has 2 fully saturated rings. The summed E-state index contributed by atoms with van der Waals surface area (Å²) in [5, 5.41) is 0. The van der Waals surface area contributed by atoms with Gasteiger partial charge in [0.05, 0.1) is 17.5 Å². The van der Waals surface area contributed by atoms with Crippen molar-refractivity contribution >= 4 is 17.5 Å². The van der Waals surface area contributed by atoms with Crippen molar-refractivity contribution in [3.63, 3.8) is 0 Å². The van der Waals surface area contributed by atoms with E-state index in [4.69, 9.17) is 4.74 Å². The summed E-state index contributed by atoms with van der Waals surface area (Å²) in [4.78, 5) is 26.9. The molecule has 1 saturated carbocycles. The van der Waals surface area contributed by atoms with Crippen LogP contribution in [0.4, 0.5) is 5.69 Å². The highest BCUT2D eigenvalue weighted by Crippen LogP contribution is 2.42. The molecule has 1 aliphatic heterocycles. The number of amides is 2. The van der Waals surface area contributed by atoms with E-state index >= 15 is 0 Å². The van der Waals surface area contributed by atoms with Crippen LogP contribution in [0.2, 0.25) is 0 Å². The van der Waals surface area contributed by atoms with Gasteiger partial charge in [0.1, 0.15) is 11.5 Å². The van der Waals surface area contributed by atoms with E-state index in [1.807, 2.05) is 43.3 Å². The summed E-state index contributed by atoms with van der Waals surface area (Å²) in [7, 11) is 0. The maximum Gasteiger partial charge on any atom is 0.237 e. The SMILES string of the molecule is Cc1cccc(Oc2ccc(N3C(=O)[C@H]4C[C@H](C)CC[C@H]4C3=O)cc2)c1. The van der Waals surface area contributed by atoms with Crippen LogP contribution in [0.25, 0.3) is 0 Å². The molecule has 26 heavy (non-hydrogen) atoms. The lowest BCUT2D eigenvalue weighted by Gasteiger charge is -2.25. The Kier molecular flexibility index (Phi) is 4.27. The molecule has 0 unspecified atom stereocenters. The quantitative estimate of drug-likeness (QED) is 0.754. The lowest BCUT2D eigenvalue weighted by Crippen LogP contribution is -2.30. The third-order valence-electron chi connectivity index (χ3n) is 5.51. The fraction of sp³-hybridized carbons (Fsp3) is 0.364. The number of benzene rings is 2. The number of anilines is 1. The number of nitrogens with zero attached hydrogens (tertiary/aromatic N) is 1. The lowest BCUT2D eigenvalue weighted by atomic mass is 9.76. The first-order valence-corrected chi connectivity index (χ1v) is 9.25. The lowest BCUT2D eigenvalue weighted by molar-refractivity contribution is -0.122. The molecule has 0 N–H and O–H groups in total. The molecule has 0 radical (unpaired) electrons. The van der Waals surface area contributed by atoms with Crippen LogP contribution in [-0.2, 0) is 9.59 Å². The van der Waals surface area contributed by atoms with E-state index in [0.717, 1.165) is 30.6 Å². The van der Waals surface area contributed by atoms with Crippen LogP contribution in [0.15, 0.2) is 48.5 Å². The zero-order chi connectivity index (χ0) is 18.3. The Hall–Kier alpha value is -2.62. The summed E-state index contributed by atoms with van der Waals surface area (Å²) < 4.78 is 5.85. The van der Waals surface area contributed by atoms with E-state index < -0.39 is 0 Å². The van der Waals surface area contributed by atoms with Gasteiger partial charge in [-0.15, -0.1) is 0 Å². The third-order valence-corrected chi connectivity index (χ3v) is 5.51. The summed E-state index contributed by atoms with van der Waals surface area (Å²) in [5.41, 5.74) is 1.77. The largest absolute Gasteiger partial charge is 0.457 e. The van der Waals surface area contributed by atoms with Crippen molar-refractivity contribution in [2.75, 3.05) is 4.90 Å². The zero-order valence-corrected chi connectivity index (χ0v) is 15.1. The van der Waals surface area contributed by atoms with E-state index in [2.05, 4.69) is 6.92 Å². The second-order valence-corrected chi connectivity index (χ2v) is 7.56. The van der Waals surface area contributed by atoms with Crippen LogP contribution in [-0.4, -0.2) is 11.8 Å². The molecule has 1 aliphatic carbocycles. The van der Waals surface area contributed by atoms with Crippen LogP contribution in [0.5, 0.6) is 11.5 Å². The highest BCUT2D eigenvalue weighted by atomic mass is 16.5. The molecule has 3 atom stereocenters. The van der Waals surface area contributed by atoms with Gasteiger partial charge >= 0.3 is 0 Å². The molecule has 0 spiro atoms. The average Bonchev–Trinajstić information content (AvgIpc) is 2.86. The van der Waals surface area contributed by atoms with Crippen molar-refractivity contribution in [3.05, 3.63) is 54.1 Å². The van der Waals surface area contributed by atoms with E-state index in [0.29, 0.717) is 17.4 Å². The molecule has 1 saturated heterocycles. The van der Waals surface area contributed by atoms with Gasteiger partial charge < -0.3 is 4.74 Å². The predicted octanol–water partition coefficient (Wildman–Crippen LogP) is 4.71. The van der Waals surface area contributed by atoms with Crippen LogP contribution in [0, 0.1) is 24.7 Å². The van der Waals surface area contributed by atoms with Gasteiger partial charge in [0, 0.05) is 0 Å². The third kappa shape index (κ3) is 3.00. The Balaban J connectivity index is 1.53. The minimum atomic E-state index is -0.144. The first-order chi connectivity index (χ1) is 12.5. The zero-order valence-electron chi connectivity index (χ0n) is 15.1. The average molecular weight is 349 g/mol. The van der Waals surface area contributed by atoms with Gasteiger partial charge in [-0.2, -0.15) is 0 Å². The van der Waals surface area contributed by atoms with Gasteiger partial charge in [-0.3, -0.25) is 14.5 Å². The number of carbonyl (C=O) groups excluding carboxylic acids is 2. The molecule has 134 valence electrons. The van der Waals surface area contributed by atoms with Gasteiger partial charge in [0.25, 0.3) is 0 Å². The number of rotatable bonds is 3. The second kappa shape index (κ2) is 6.60. The number of hydrogen-bond acceptors (Lipinski definition) is 3. The highest BCUT2D eigenvalue weighted by Gasteiger charge is 2.49. The normalized spacial score (nSPS) is 25.3. The van der Waals surface area contributed by atoms with Crippen LogP contribution < -0.4 is 9.64 Å². The Labute approximate surface area is 153 Å². The Morgan fingerprint density at radius 1 is 0.923 bits per heavy atom. The van der Waals surface area contributed by atoms with Crippen molar-refractivity contribution in [1.82, 2.24) is 0 Å². The van der Waals surface area contributed by atoms with E-state index in [1.54, 1.807) is 12.1 Å². The summed E-state index contributed by atoms with van der Waals surface area (Å²) in [5.74, 6) is 1.60. The summed E-state index contributed by atoms with van der Waals surface area (Å²) in [6, 6.07) is 15.0. The molecule has 0 aromatic heterocycles. The molecule has 2 amide bonds. The fourth-order valence-corrected chi connectivity index (χ4v) is 4.12. The number of ether oxygens (including phenoxy) is 1.